The molecule has 2 heterocycles. The van der Waals surface area contributed by atoms with E-state index in [1.807, 2.05) is 37.3 Å². The second kappa shape index (κ2) is 10.7. The number of anilines is 1. The molecule has 3 aromatic rings. The van der Waals surface area contributed by atoms with Gasteiger partial charge in [-0.1, -0.05) is 41.9 Å². The van der Waals surface area contributed by atoms with Crippen molar-refractivity contribution in [3.63, 3.8) is 0 Å². The van der Waals surface area contributed by atoms with Crippen molar-refractivity contribution in [2.75, 3.05) is 18.4 Å². The van der Waals surface area contributed by atoms with Gasteiger partial charge in [0, 0.05) is 36.4 Å². The van der Waals surface area contributed by atoms with Gasteiger partial charge in [0.25, 0.3) is 11.6 Å². The van der Waals surface area contributed by atoms with Crippen molar-refractivity contribution in [3.8, 4) is 0 Å². The molecule has 0 bridgehead atoms. The lowest BCUT2D eigenvalue weighted by Crippen LogP contribution is -2.48. The van der Waals surface area contributed by atoms with Crippen molar-refractivity contribution in [3.05, 3.63) is 92.9 Å². The number of hydrogen-bond acceptors (Lipinski definition) is 6. The summed E-state index contributed by atoms with van der Waals surface area (Å²) in [5.74, 6) is -0.236. The van der Waals surface area contributed by atoms with E-state index < -0.39 is 11.0 Å². The fourth-order valence-corrected chi connectivity index (χ4v) is 4.45. The fraction of sp³-hybridized carbons (Fsp3) is 0.280. The zero-order valence-electron chi connectivity index (χ0n) is 19.1. The zero-order chi connectivity index (χ0) is 24.9. The molecule has 1 aliphatic heterocycles. The molecule has 182 valence electrons. The molecule has 2 N–H and O–H groups in total. The number of carbonyl (C=O) groups is 2. The Morgan fingerprint density at radius 1 is 1.14 bits per heavy atom. The van der Waals surface area contributed by atoms with Gasteiger partial charge in [-0.2, -0.15) is 0 Å². The standard InChI is InChI=1S/C25H25ClN4O5/c1-16-11-14-35-23(16)25(32)27-18-9-12-29(13-10-18)22(17-5-3-2-4-6-17)24(31)28-19-7-8-20(26)21(15-19)30(33)34/h2-8,11,14-15,18,22H,9-10,12-13H2,1H3,(H,27,32)(H,28,31). The molecule has 1 fully saturated rings. The number of amides is 2. The van der Waals surface area contributed by atoms with Crippen LogP contribution < -0.4 is 10.6 Å². The first-order valence-corrected chi connectivity index (χ1v) is 11.6. The first-order valence-electron chi connectivity index (χ1n) is 11.2. The topological polar surface area (TPSA) is 118 Å². The van der Waals surface area contributed by atoms with Gasteiger partial charge in [-0.05, 0) is 43.5 Å². The van der Waals surface area contributed by atoms with Gasteiger partial charge in [0.15, 0.2) is 5.76 Å². The van der Waals surface area contributed by atoms with Gasteiger partial charge in [-0.25, -0.2) is 0 Å². The lowest BCUT2D eigenvalue weighted by atomic mass is 9.98. The molecule has 1 saturated heterocycles. The smallest absolute Gasteiger partial charge is 0.289 e. The number of likely N-dealkylation sites (tertiary alicyclic amines) is 1. The molecule has 35 heavy (non-hydrogen) atoms. The van der Waals surface area contributed by atoms with Crippen molar-refractivity contribution < 1.29 is 18.9 Å². The number of nitrogens with one attached hydrogen (secondary N) is 2. The summed E-state index contributed by atoms with van der Waals surface area (Å²) >= 11 is 5.90. The minimum absolute atomic E-state index is 0.00136. The summed E-state index contributed by atoms with van der Waals surface area (Å²) in [5.41, 5.74) is 1.61. The predicted molar refractivity (Wildman–Crippen MR) is 131 cm³/mol. The molecular weight excluding hydrogens is 472 g/mol. The van der Waals surface area contributed by atoms with Crippen LogP contribution in [0.2, 0.25) is 5.02 Å². The van der Waals surface area contributed by atoms with Gasteiger partial charge in [0.1, 0.15) is 11.1 Å². The number of benzene rings is 2. The lowest BCUT2D eigenvalue weighted by Gasteiger charge is -2.37. The highest BCUT2D eigenvalue weighted by molar-refractivity contribution is 6.32. The molecule has 0 aliphatic carbocycles. The van der Waals surface area contributed by atoms with E-state index in [4.69, 9.17) is 16.0 Å². The van der Waals surface area contributed by atoms with Crippen LogP contribution in [0.5, 0.6) is 0 Å². The van der Waals surface area contributed by atoms with Crippen LogP contribution in [0.1, 0.15) is 40.6 Å². The van der Waals surface area contributed by atoms with E-state index in [0.29, 0.717) is 37.4 Å². The second-order valence-corrected chi connectivity index (χ2v) is 8.85. The second-order valence-electron chi connectivity index (χ2n) is 8.44. The van der Waals surface area contributed by atoms with E-state index in [-0.39, 0.29) is 28.6 Å². The van der Waals surface area contributed by atoms with E-state index in [9.17, 15) is 19.7 Å². The molecule has 9 nitrogen and oxygen atoms in total. The van der Waals surface area contributed by atoms with Crippen LogP contribution in [-0.2, 0) is 4.79 Å². The van der Waals surface area contributed by atoms with E-state index in [1.165, 1.54) is 24.5 Å². The maximum atomic E-state index is 13.4. The number of furan rings is 1. The van der Waals surface area contributed by atoms with Crippen molar-refractivity contribution in [2.24, 2.45) is 0 Å². The Balaban J connectivity index is 1.47. The number of halogens is 1. The van der Waals surface area contributed by atoms with Crippen LogP contribution >= 0.6 is 11.6 Å². The third-order valence-corrected chi connectivity index (χ3v) is 6.39. The summed E-state index contributed by atoms with van der Waals surface area (Å²) < 4.78 is 5.28. The third kappa shape index (κ3) is 5.70. The molecule has 0 saturated carbocycles. The van der Waals surface area contributed by atoms with Crippen LogP contribution in [-0.4, -0.2) is 40.8 Å². The fourth-order valence-electron chi connectivity index (χ4n) is 4.26. The summed E-state index contributed by atoms with van der Waals surface area (Å²) in [7, 11) is 0. The summed E-state index contributed by atoms with van der Waals surface area (Å²) in [5, 5.41) is 17.0. The summed E-state index contributed by atoms with van der Waals surface area (Å²) in [6, 6.07) is 14.6. The van der Waals surface area contributed by atoms with Crippen molar-refractivity contribution in [2.45, 2.75) is 31.8 Å². The lowest BCUT2D eigenvalue weighted by molar-refractivity contribution is -0.384. The molecule has 2 amide bonds. The third-order valence-electron chi connectivity index (χ3n) is 6.07. The zero-order valence-corrected chi connectivity index (χ0v) is 19.8. The molecule has 2 aromatic carbocycles. The molecule has 1 unspecified atom stereocenters. The Kier molecular flexibility index (Phi) is 7.48. The van der Waals surface area contributed by atoms with Crippen LogP contribution in [0.15, 0.2) is 65.3 Å². The van der Waals surface area contributed by atoms with E-state index in [2.05, 4.69) is 15.5 Å². The van der Waals surface area contributed by atoms with Crippen LogP contribution in [0, 0.1) is 17.0 Å². The molecule has 0 spiro atoms. The molecule has 0 radical (unpaired) electrons. The van der Waals surface area contributed by atoms with Gasteiger partial charge >= 0.3 is 0 Å². The van der Waals surface area contributed by atoms with Crippen molar-refractivity contribution in [1.29, 1.82) is 0 Å². The van der Waals surface area contributed by atoms with Crippen molar-refractivity contribution >= 4 is 34.8 Å². The van der Waals surface area contributed by atoms with E-state index >= 15 is 0 Å². The number of nitro benzene ring substituents is 1. The van der Waals surface area contributed by atoms with Crippen LogP contribution in [0.4, 0.5) is 11.4 Å². The first kappa shape index (κ1) is 24.4. The average molecular weight is 497 g/mol. The molecular formula is C25H25ClN4O5. The summed E-state index contributed by atoms with van der Waals surface area (Å²) in [4.78, 5) is 38.6. The normalized spacial score (nSPS) is 15.4. The van der Waals surface area contributed by atoms with E-state index in [0.717, 1.165) is 11.1 Å². The highest BCUT2D eigenvalue weighted by Crippen LogP contribution is 2.30. The van der Waals surface area contributed by atoms with Gasteiger partial charge < -0.3 is 15.1 Å². The number of carbonyl (C=O) groups excluding carboxylic acids is 2. The Labute approximate surface area is 207 Å². The summed E-state index contributed by atoms with van der Waals surface area (Å²) in [6.07, 6.45) is 2.81. The number of nitro groups is 1. The molecule has 1 aliphatic rings. The van der Waals surface area contributed by atoms with Gasteiger partial charge in [0.05, 0.1) is 11.2 Å². The number of aryl methyl sites for hydroxylation is 1. The maximum absolute atomic E-state index is 13.4. The minimum Gasteiger partial charge on any atom is -0.459 e. The number of nitrogens with zero attached hydrogens (tertiary/aromatic N) is 2. The quantitative estimate of drug-likeness (QED) is 0.361. The maximum Gasteiger partial charge on any atom is 0.289 e. The van der Waals surface area contributed by atoms with Gasteiger partial charge in [0.2, 0.25) is 5.91 Å². The Bertz CT molecular complexity index is 1220. The van der Waals surface area contributed by atoms with Crippen LogP contribution in [0.25, 0.3) is 0 Å². The SMILES string of the molecule is Cc1ccoc1C(=O)NC1CCN(C(C(=O)Nc2ccc(Cl)c([N+](=O)[O-])c2)c2ccccc2)CC1. The van der Waals surface area contributed by atoms with Crippen LogP contribution in [0.3, 0.4) is 0 Å². The van der Waals surface area contributed by atoms with E-state index in [1.54, 1.807) is 6.07 Å². The largest absolute Gasteiger partial charge is 0.459 e. The highest BCUT2D eigenvalue weighted by Gasteiger charge is 2.32. The Hall–Kier alpha value is -3.69. The number of rotatable bonds is 7. The molecule has 1 aromatic heterocycles. The molecule has 4 rings (SSSR count). The summed E-state index contributed by atoms with van der Waals surface area (Å²) in [6.45, 7) is 2.98. The molecule has 10 heteroatoms. The molecule has 1 atom stereocenters. The first-order chi connectivity index (χ1) is 16.8. The average Bonchev–Trinajstić information content (AvgIpc) is 3.28. The minimum atomic E-state index is -0.602. The van der Waals surface area contributed by atoms with Crippen molar-refractivity contribution in [1.82, 2.24) is 10.2 Å². The Morgan fingerprint density at radius 3 is 2.49 bits per heavy atom. The predicted octanol–water partition coefficient (Wildman–Crippen LogP) is 4.72. The highest BCUT2D eigenvalue weighted by atomic mass is 35.5. The number of hydrogen-bond donors (Lipinski definition) is 2. The monoisotopic (exact) mass is 496 g/mol. The Morgan fingerprint density at radius 2 is 1.86 bits per heavy atom. The van der Waals surface area contributed by atoms with Gasteiger partial charge in [-0.15, -0.1) is 0 Å². The van der Waals surface area contributed by atoms with Gasteiger partial charge in [-0.3, -0.25) is 24.6 Å². The number of piperidine rings is 1.